The number of aliphatic hydroxyl groups is 5. The third-order valence-corrected chi connectivity index (χ3v) is 8.18. The zero-order valence-corrected chi connectivity index (χ0v) is 24.5. The monoisotopic (exact) mass is 647 g/mol. The third-order valence-electron chi connectivity index (χ3n) is 7.26. The number of hydrogen-bond donors (Lipinski definition) is 6. The summed E-state index contributed by atoms with van der Waals surface area (Å²) >= 11 is 6.05. The van der Waals surface area contributed by atoms with Crippen molar-refractivity contribution in [1.82, 2.24) is 0 Å². The molecule has 5 rings (SSSR count). The maximum absolute atomic E-state index is 11.6. The van der Waals surface area contributed by atoms with Crippen LogP contribution in [0.3, 0.4) is 0 Å². The first-order chi connectivity index (χ1) is 20.4. The second kappa shape index (κ2) is 13.6. The van der Waals surface area contributed by atoms with Gasteiger partial charge in [-0.3, -0.25) is 4.72 Å². The number of sulfonamides is 1. The van der Waals surface area contributed by atoms with Crippen LogP contribution in [0.15, 0.2) is 48.5 Å². The van der Waals surface area contributed by atoms with E-state index in [-0.39, 0.29) is 23.9 Å². The highest BCUT2D eigenvalue weighted by atomic mass is 35.5. The highest BCUT2D eigenvalue weighted by molar-refractivity contribution is 7.92. The maximum Gasteiger partial charge on any atom is 0.229 e. The molecule has 238 valence electrons. The van der Waals surface area contributed by atoms with Gasteiger partial charge in [-0.2, -0.15) is 0 Å². The van der Waals surface area contributed by atoms with Gasteiger partial charge in [0.2, 0.25) is 10.0 Å². The lowest BCUT2D eigenvalue weighted by atomic mass is 9.96. The Morgan fingerprint density at radius 3 is 2.37 bits per heavy atom. The van der Waals surface area contributed by atoms with Crippen LogP contribution in [0.5, 0.6) is 0 Å². The smallest absolute Gasteiger partial charge is 0.229 e. The fourth-order valence-electron chi connectivity index (χ4n) is 5.10. The summed E-state index contributed by atoms with van der Waals surface area (Å²) in [4.78, 5) is 0. The number of halogens is 1. The van der Waals surface area contributed by atoms with Crippen molar-refractivity contribution < 1.29 is 62.4 Å². The van der Waals surface area contributed by atoms with Crippen molar-refractivity contribution in [2.45, 2.75) is 74.3 Å². The SMILES string of the molecule is CS(=O)(=O)Nc1cc(CO[C@@H]2O[C@H](CO)[C@@H](O[C@H]3O[C@@H]4COC(c5ccccc5)O[C@H]4[C@H](O)[C@H]3O)[C@H](O)[C@H]2O)ccc1Cl. The van der Waals surface area contributed by atoms with Crippen LogP contribution in [0.2, 0.25) is 5.02 Å². The van der Waals surface area contributed by atoms with E-state index in [0.29, 0.717) is 5.56 Å². The second-order valence-corrected chi connectivity index (χ2v) is 12.7. The van der Waals surface area contributed by atoms with Gasteiger partial charge in [-0.1, -0.05) is 48.0 Å². The lowest BCUT2D eigenvalue weighted by Gasteiger charge is -2.48. The predicted octanol–water partition coefficient (Wildman–Crippen LogP) is -0.387. The molecule has 11 atom stereocenters. The Balaban J connectivity index is 1.21. The van der Waals surface area contributed by atoms with Crippen molar-refractivity contribution in [3.05, 3.63) is 64.7 Å². The van der Waals surface area contributed by atoms with Crippen LogP contribution >= 0.6 is 11.6 Å². The number of rotatable bonds is 9. The van der Waals surface area contributed by atoms with Crippen molar-refractivity contribution in [3.8, 4) is 0 Å². The van der Waals surface area contributed by atoms with Crippen molar-refractivity contribution >= 4 is 27.3 Å². The molecule has 3 saturated heterocycles. The Bertz CT molecular complexity index is 1330. The van der Waals surface area contributed by atoms with Gasteiger partial charge in [-0.05, 0) is 17.7 Å². The van der Waals surface area contributed by atoms with Crippen LogP contribution in [0.1, 0.15) is 17.4 Å². The Kier molecular flexibility index (Phi) is 10.2. The fourth-order valence-corrected chi connectivity index (χ4v) is 5.89. The van der Waals surface area contributed by atoms with E-state index in [0.717, 1.165) is 11.8 Å². The molecule has 0 radical (unpaired) electrons. The summed E-state index contributed by atoms with van der Waals surface area (Å²) in [6.45, 7) is -0.844. The van der Waals surface area contributed by atoms with Crippen molar-refractivity contribution in [3.63, 3.8) is 0 Å². The van der Waals surface area contributed by atoms with Crippen LogP contribution in [-0.4, -0.2) is 115 Å². The first-order valence-corrected chi connectivity index (χ1v) is 15.7. The van der Waals surface area contributed by atoms with E-state index >= 15 is 0 Å². The van der Waals surface area contributed by atoms with Gasteiger partial charge in [0.05, 0.1) is 36.8 Å². The molecule has 0 aromatic heterocycles. The number of nitrogens with one attached hydrogen (secondary N) is 1. The van der Waals surface area contributed by atoms with Gasteiger partial charge in [0.15, 0.2) is 18.9 Å². The topological polar surface area (TPSA) is 203 Å². The van der Waals surface area contributed by atoms with E-state index in [1.807, 2.05) is 18.2 Å². The number of benzene rings is 2. The standard InChI is InChI=1S/C27H34ClNO13S/c1-43(35,36)29-16-9-13(7-8-15(16)28)11-37-26-21(33)19(31)23(17(10-30)39-26)42-27-22(34)20(32)24-18(40-27)12-38-25(41-24)14-5-3-2-4-6-14/h2-9,17-27,29-34H,10-12H2,1H3/t17-,18-,19-,20-,21-,22-,23-,24-,25?,26-,27-/m1/s1. The molecule has 14 nitrogen and oxygen atoms in total. The van der Waals surface area contributed by atoms with Crippen LogP contribution < -0.4 is 4.72 Å². The van der Waals surface area contributed by atoms with E-state index in [4.69, 9.17) is 40.0 Å². The molecule has 0 bridgehead atoms. The molecule has 0 amide bonds. The van der Waals surface area contributed by atoms with Crippen molar-refractivity contribution in [2.24, 2.45) is 0 Å². The quantitative estimate of drug-likeness (QED) is 0.206. The van der Waals surface area contributed by atoms with Gasteiger partial charge in [0.25, 0.3) is 0 Å². The second-order valence-electron chi connectivity index (χ2n) is 10.5. The Hall–Kier alpha value is -1.96. The normalized spacial score (nSPS) is 36.6. The number of anilines is 1. The number of hydrogen-bond acceptors (Lipinski definition) is 13. The van der Waals surface area contributed by atoms with Gasteiger partial charge in [0, 0.05) is 5.56 Å². The van der Waals surface area contributed by atoms with Gasteiger partial charge < -0.3 is 54.0 Å². The molecule has 2 aromatic rings. The summed E-state index contributed by atoms with van der Waals surface area (Å²) in [6, 6.07) is 13.5. The minimum absolute atomic E-state index is 0.00563. The van der Waals surface area contributed by atoms with Gasteiger partial charge in [-0.15, -0.1) is 0 Å². The molecule has 0 spiro atoms. The minimum atomic E-state index is -3.60. The molecule has 0 aliphatic carbocycles. The summed E-state index contributed by atoms with van der Waals surface area (Å²) in [5, 5.41) is 53.5. The van der Waals surface area contributed by atoms with Gasteiger partial charge in [-0.25, -0.2) is 8.42 Å². The fraction of sp³-hybridized carbons (Fsp3) is 0.556. The zero-order valence-electron chi connectivity index (χ0n) is 22.9. The molecule has 2 aromatic carbocycles. The van der Waals surface area contributed by atoms with Crippen molar-refractivity contribution in [1.29, 1.82) is 0 Å². The lowest BCUT2D eigenvalue weighted by Crippen LogP contribution is -2.65. The highest BCUT2D eigenvalue weighted by Crippen LogP contribution is 2.36. The summed E-state index contributed by atoms with van der Waals surface area (Å²) in [7, 11) is -3.60. The molecule has 0 saturated carbocycles. The lowest BCUT2D eigenvalue weighted by molar-refractivity contribution is -0.386. The first-order valence-electron chi connectivity index (χ1n) is 13.4. The Morgan fingerprint density at radius 1 is 0.953 bits per heavy atom. The molecule has 3 aliphatic rings. The molecule has 6 N–H and O–H groups in total. The average Bonchev–Trinajstić information content (AvgIpc) is 2.98. The average molecular weight is 648 g/mol. The number of fused-ring (bicyclic) bond motifs is 1. The summed E-state index contributed by atoms with van der Waals surface area (Å²) < 4.78 is 60.0. The zero-order chi connectivity index (χ0) is 30.9. The molecule has 1 unspecified atom stereocenters. The molecule has 3 heterocycles. The van der Waals surface area contributed by atoms with E-state index in [2.05, 4.69) is 4.72 Å². The minimum Gasteiger partial charge on any atom is -0.394 e. The Morgan fingerprint density at radius 2 is 1.67 bits per heavy atom. The molecule has 3 fully saturated rings. The first kappa shape index (κ1) is 32.4. The van der Waals surface area contributed by atoms with Gasteiger partial charge >= 0.3 is 0 Å². The maximum atomic E-state index is 11.6. The van der Waals surface area contributed by atoms with Gasteiger partial charge in [0.1, 0.15) is 48.8 Å². The largest absolute Gasteiger partial charge is 0.394 e. The number of aliphatic hydroxyl groups excluding tert-OH is 5. The van der Waals surface area contributed by atoms with Crippen LogP contribution in [-0.2, 0) is 45.1 Å². The molecule has 16 heteroatoms. The summed E-state index contributed by atoms with van der Waals surface area (Å²) in [5.74, 6) is 0. The predicted molar refractivity (Wildman–Crippen MR) is 148 cm³/mol. The molecule has 43 heavy (non-hydrogen) atoms. The number of ether oxygens (including phenoxy) is 6. The van der Waals surface area contributed by atoms with Crippen LogP contribution in [0, 0.1) is 0 Å². The Labute approximate surface area is 252 Å². The summed E-state index contributed by atoms with van der Waals surface area (Å²) in [6.07, 6.45) is -13.5. The highest BCUT2D eigenvalue weighted by Gasteiger charge is 2.53. The van der Waals surface area contributed by atoms with Crippen LogP contribution in [0.25, 0.3) is 0 Å². The van der Waals surface area contributed by atoms with E-state index < -0.39 is 84.3 Å². The van der Waals surface area contributed by atoms with Crippen LogP contribution in [0.4, 0.5) is 5.69 Å². The summed E-state index contributed by atoms with van der Waals surface area (Å²) in [5.41, 5.74) is 1.31. The third kappa shape index (κ3) is 7.48. The molecule has 3 aliphatic heterocycles. The van der Waals surface area contributed by atoms with E-state index in [9.17, 15) is 34.0 Å². The van der Waals surface area contributed by atoms with E-state index in [1.54, 1.807) is 18.2 Å². The van der Waals surface area contributed by atoms with Crippen molar-refractivity contribution in [2.75, 3.05) is 24.2 Å². The van der Waals surface area contributed by atoms with E-state index in [1.165, 1.54) is 12.1 Å². The molecular formula is C27H34ClNO13S. The molecular weight excluding hydrogens is 614 g/mol.